The van der Waals surface area contributed by atoms with Crippen molar-refractivity contribution in [1.29, 1.82) is 0 Å². The molecule has 4 heteroatoms. The van der Waals surface area contributed by atoms with Crippen LogP contribution in [0.25, 0.3) is 0 Å². The molecule has 0 unspecified atom stereocenters. The lowest BCUT2D eigenvalue weighted by atomic mass is 10.00. The Hall–Kier alpha value is -1.42. The summed E-state index contributed by atoms with van der Waals surface area (Å²) in [5.74, 6) is -0.886. The number of rotatable bonds is 4. The van der Waals surface area contributed by atoms with E-state index in [-0.39, 0.29) is 6.42 Å². The van der Waals surface area contributed by atoms with Gasteiger partial charge in [-0.15, -0.1) is 0 Å². The molecule has 1 aromatic rings. The average molecular weight is 194 g/mol. The Morgan fingerprint density at radius 2 is 2.43 bits per heavy atom. The van der Waals surface area contributed by atoms with E-state index in [2.05, 4.69) is 4.98 Å². The first-order valence-corrected chi connectivity index (χ1v) is 4.55. The van der Waals surface area contributed by atoms with Crippen LogP contribution in [0.4, 0.5) is 0 Å². The van der Waals surface area contributed by atoms with Crippen molar-refractivity contribution in [1.82, 2.24) is 4.98 Å². The maximum Gasteiger partial charge on any atom is 0.305 e. The van der Waals surface area contributed by atoms with Crippen LogP contribution in [0.1, 0.15) is 30.5 Å². The maximum atomic E-state index is 10.5. The number of nitrogens with zero attached hydrogens (tertiary/aromatic N) is 1. The van der Waals surface area contributed by atoms with Crippen LogP contribution in [0.5, 0.6) is 0 Å². The van der Waals surface area contributed by atoms with E-state index in [0.717, 1.165) is 17.5 Å². The quantitative estimate of drug-likeness (QED) is 0.753. The number of hydrogen-bond acceptors (Lipinski definition) is 3. The van der Waals surface area contributed by atoms with Crippen molar-refractivity contribution in [2.45, 2.75) is 25.8 Å². The molecule has 0 aliphatic rings. The van der Waals surface area contributed by atoms with Gasteiger partial charge in [0.2, 0.25) is 0 Å². The first kappa shape index (κ1) is 10.7. The van der Waals surface area contributed by atoms with Gasteiger partial charge in [0.05, 0.1) is 6.42 Å². The molecule has 0 amide bonds. The molecular formula is C10H14N2O2. The molecule has 0 fully saturated rings. The molecule has 0 radical (unpaired) electrons. The van der Waals surface area contributed by atoms with Crippen LogP contribution in [-0.2, 0) is 11.2 Å². The minimum Gasteiger partial charge on any atom is -0.481 e. The molecule has 0 aromatic carbocycles. The molecule has 3 N–H and O–H groups in total. The average Bonchev–Trinajstić information content (AvgIpc) is 2.16. The van der Waals surface area contributed by atoms with Gasteiger partial charge < -0.3 is 10.8 Å². The summed E-state index contributed by atoms with van der Waals surface area (Å²) in [6.45, 7) is 2.01. The Kier molecular flexibility index (Phi) is 3.59. The molecule has 14 heavy (non-hydrogen) atoms. The van der Waals surface area contributed by atoms with Gasteiger partial charge in [-0.3, -0.25) is 9.78 Å². The molecule has 76 valence electrons. The Morgan fingerprint density at radius 3 is 3.00 bits per heavy atom. The van der Waals surface area contributed by atoms with Gasteiger partial charge in [0.15, 0.2) is 0 Å². The Labute approximate surface area is 82.8 Å². The van der Waals surface area contributed by atoms with Crippen LogP contribution >= 0.6 is 0 Å². The first-order valence-electron chi connectivity index (χ1n) is 4.55. The highest BCUT2D eigenvalue weighted by atomic mass is 16.4. The van der Waals surface area contributed by atoms with Crippen molar-refractivity contribution in [3.05, 3.63) is 29.6 Å². The highest BCUT2D eigenvalue weighted by Crippen LogP contribution is 2.17. The smallest absolute Gasteiger partial charge is 0.305 e. The zero-order valence-corrected chi connectivity index (χ0v) is 8.10. The lowest BCUT2D eigenvalue weighted by Gasteiger charge is -2.12. The van der Waals surface area contributed by atoms with Crippen LogP contribution in [0.15, 0.2) is 18.5 Å². The summed E-state index contributed by atoms with van der Waals surface area (Å²) >= 11 is 0. The summed E-state index contributed by atoms with van der Waals surface area (Å²) in [4.78, 5) is 14.4. The van der Waals surface area contributed by atoms with E-state index >= 15 is 0 Å². The molecule has 0 aliphatic carbocycles. The number of carboxylic acids is 1. The third-order valence-corrected chi connectivity index (χ3v) is 2.12. The van der Waals surface area contributed by atoms with E-state index in [9.17, 15) is 4.79 Å². The van der Waals surface area contributed by atoms with Gasteiger partial charge in [-0.25, -0.2) is 0 Å². The van der Waals surface area contributed by atoms with Crippen LogP contribution in [-0.4, -0.2) is 16.1 Å². The predicted molar refractivity (Wildman–Crippen MR) is 52.8 cm³/mol. The second-order valence-corrected chi connectivity index (χ2v) is 3.13. The molecule has 0 bridgehead atoms. The van der Waals surface area contributed by atoms with Gasteiger partial charge in [0.25, 0.3) is 0 Å². The first-order chi connectivity index (χ1) is 6.65. The minimum absolute atomic E-state index is 0.0569. The van der Waals surface area contributed by atoms with Crippen molar-refractivity contribution in [3.8, 4) is 0 Å². The molecule has 0 aliphatic heterocycles. The topological polar surface area (TPSA) is 76.2 Å². The fraction of sp³-hybridized carbons (Fsp3) is 0.400. The van der Waals surface area contributed by atoms with Crippen molar-refractivity contribution < 1.29 is 9.90 Å². The molecular weight excluding hydrogens is 180 g/mol. The summed E-state index contributed by atoms with van der Waals surface area (Å²) < 4.78 is 0. The number of carbonyl (C=O) groups is 1. The van der Waals surface area contributed by atoms with E-state index < -0.39 is 12.0 Å². The van der Waals surface area contributed by atoms with Crippen LogP contribution in [0.3, 0.4) is 0 Å². The minimum atomic E-state index is -0.886. The number of hydrogen-bond donors (Lipinski definition) is 2. The zero-order chi connectivity index (χ0) is 10.6. The van der Waals surface area contributed by atoms with Gasteiger partial charge in [-0.2, -0.15) is 0 Å². The molecule has 1 atom stereocenters. The highest BCUT2D eigenvalue weighted by Gasteiger charge is 2.13. The van der Waals surface area contributed by atoms with E-state index in [1.807, 2.05) is 13.0 Å². The summed E-state index contributed by atoms with van der Waals surface area (Å²) in [5.41, 5.74) is 7.65. The Morgan fingerprint density at radius 1 is 1.71 bits per heavy atom. The lowest BCUT2D eigenvalue weighted by Crippen LogP contribution is -2.16. The number of carboxylic acid groups (broad SMARTS) is 1. The largest absolute Gasteiger partial charge is 0.481 e. The van der Waals surface area contributed by atoms with Gasteiger partial charge in [-0.1, -0.05) is 6.92 Å². The molecule has 4 nitrogen and oxygen atoms in total. The Balaban J connectivity index is 2.87. The molecule has 1 aromatic heterocycles. The van der Waals surface area contributed by atoms with Crippen LogP contribution in [0.2, 0.25) is 0 Å². The van der Waals surface area contributed by atoms with Gasteiger partial charge in [0, 0.05) is 18.4 Å². The van der Waals surface area contributed by atoms with Gasteiger partial charge in [-0.05, 0) is 23.6 Å². The van der Waals surface area contributed by atoms with Crippen molar-refractivity contribution in [2.75, 3.05) is 0 Å². The molecule has 1 rings (SSSR count). The van der Waals surface area contributed by atoms with E-state index in [1.54, 1.807) is 12.4 Å². The fourth-order valence-corrected chi connectivity index (χ4v) is 1.39. The van der Waals surface area contributed by atoms with Crippen LogP contribution in [0, 0.1) is 0 Å². The molecule has 1 heterocycles. The summed E-state index contributed by atoms with van der Waals surface area (Å²) in [6, 6.07) is 1.41. The predicted octanol–water partition coefficient (Wildman–Crippen LogP) is 1.12. The van der Waals surface area contributed by atoms with Crippen LogP contribution < -0.4 is 5.73 Å². The third-order valence-electron chi connectivity index (χ3n) is 2.12. The molecule has 0 spiro atoms. The maximum absolute atomic E-state index is 10.5. The van der Waals surface area contributed by atoms with E-state index in [1.165, 1.54) is 0 Å². The van der Waals surface area contributed by atoms with Crippen molar-refractivity contribution in [2.24, 2.45) is 5.73 Å². The number of aryl methyl sites for hydroxylation is 1. The van der Waals surface area contributed by atoms with E-state index in [0.29, 0.717) is 0 Å². The molecule has 0 saturated heterocycles. The Bertz CT molecular complexity index is 326. The summed E-state index contributed by atoms with van der Waals surface area (Å²) in [7, 11) is 0. The van der Waals surface area contributed by atoms with Crippen molar-refractivity contribution in [3.63, 3.8) is 0 Å². The zero-order valence-electron chi connectivity index (χ0n) is 8.10. The van der Waals surface area contributed by atoms with Crippen molar-refractivity contribution >= 4 is 5.97 Å². The second-order valence-electron chi connectivity index (χ2n) is 3.13. The monoisotopic (exact) mass is 194 g/mol. The second kappa shape index (κ2) is 4.72. The normalized spacial score (nSPS) is 12.4. The number of aromatic nitrogens is 1. The third kappa shape index (κ3) is 2.53. The highest BCUT2D eigenvalue weighted by molar-refractivity contribution is 5.68. The van der Waals surface area contributed by atoms with Gasteiger partial charge >= 0.3 is 5.97 Å². The summed E-state index contributed by atoms with van der Waals surface area (Å²) in [5, 5.41) is 8.61. The summed E-state index contributed by atoms with van der Waals surface area (Å²) in [6.07, 6.45) is 4.12. The molecule has 0 saturated carbocycles. The number of aliphatic carboxylic acids is 1. The number of nitrogens with two attached hydrogens (primary N) is 1. The fourth-order valence-electron chi connectivity index (χ4n) is 1.39. The standard InChI is InChI=1S/C10H14N2O2/c1-2-7-3-4-12-6-8(7)9(11)5-10(13)14/h3-4,6,9H,2,5,11H2,1H3,(H,13,14)/t9-/m1/s1. The SMILES string of the molecule is CCc1ccncc1[C@H](N)CC(=O)O. The van der Waals surface area contributed by atoms with Gasteiger partial charge in [0.1, 0.15) is 0 Å². The van der Waals surface area contributed by atoms with E-state index in [4.69, 9.17) is 10.8 Å². The number of pyridine rings is 1. The lowest BCUT2D eigenvalue weighted by molar-refractivity contribution is -0.137.